The number of rotatable bonds is 12. The van der Waals surface area contributed by atoms with Crippen molar-refractivity contribution < 1.29 is 32.4 Å². The summed E-state index contributed by atoms with van der Waals surface area (Å²) in [4.78, 5) is 66.6. The molecule has 4 atom stereocenters. The van der Waals surface area contributed by atoms with Gasteiger partial charge in [-0.3, -0.25) is 19.2 Å². The van der Waals surface area contributed by atoms with Crippen molar-refractivity contribution in [3.8, 4) is 0 Å². The molecular formula is C30H50N6O7S. The first-order valence-electron chi connectivity index (χ1n) is 16.2. The van der Waals surface area contributed by atoms with E-state index in [0.29, 0.717) is 38.8 Å². The molecule has 4 rings (SSSR count). The van der Waals surface area contributed by atoms with Crippen molar-refractivity contribution in [3.05, 3.63) is 0 Å². The van der Waals surface area contributed by atoms with Gasteiger partial charge in [0.2, 0.25) is 27.6 Å². The largest absolute Gasteiger partial charge is 0.363 e. The Morgan fingerprint density at radius 2 is 1.55 bits per heavy atom. The summed E-state index contributed by atoms with van der Waals surface area (Å²) < 4.78 is 26.4. The third-order valence-electron chi connectivity index (χ3n) is 9.59. The number of urea groups is 1. The second-order valence-electron chi connectivity index (χ2n) is 14.1. The molecule has 14 heteroatoms. The Kier molecular flexibility index (Phi) is 11.0. The molecule has 5 amide bonds. The van der Waals surface area contributed by atoms with Gasteiger partial charge in [0.25, 0.3) is 5.91 Å². The predicted octanol–water partition coefficient (Wildman–Crippen LogP) is 1.02. The van der Waals surface area contributed by atoms with Gasteiger partial charge >= 0.3 is 6.03 Å². The number of nitrogens with one attached hydrogen (secondary N) is 3. The van der Waals surface area contributed by atoms with E-state index in [9.17, 15) is 32.4 Å². The molecule has 0 spiro atoms. The summed E-state index contributed by atoms with van der Waals surface area (Å²) in [6, 6.07) is -3.77. The molecular weight excluding hydrogens is 588 g/mol. The van der Waals surface area contributed by atoms with Crippen LogP contribution in [0.4, 0.5) is 4.79 Å². The topological polar surface area (TPSA) is 188 Å². The van der Waals surface area contributed by atoms with Gasteiger partial charge in [-0.25, -0.2) is 13.2 Å². The fraction of sp³-hybridized carbons (Fsp3) is 0.833. The fourth-order valence-electron chi connectivity index (χ4n) is 6.67. The van der Waals surface area contributed by atoms with E-state index in [4.69, 9.17) is 5.73 Å². The van der Waals surface area contributed by atoms with E-state index in [0.717, 1.165) is 44.9 Å². The quantitative estimate of drug-likeness (QED) is 0.230. The van der Waals surface area contributed by atoms with Crippen LogP contribution in [0.15, 0.2) is 0 Å². The molecule has 2 heterocycles. The highest BCUT2D eigenvalue weighted by Gasteiger charge is 2.43. The van der Waals surface area contributed by atoms with Crippen LogP contribution in [-0.4, -0.2) is 96.7 Å². The van der Waals surface area contributed by atoms with Crippen molar-refractivity contribution in [1.82, 2.24) is 25.2 Å². The van der Waals surface area contributed by atoms with Crippen molar-refractivity contribution in [1.29, 1.82) is 0 Å². The molecule has 0 radical (unpaired) electrons. The second-order valence-corrected chi connectivity index (χ2v) is 16.2. The number of ketones is 1. The number of hydrogen-bond donors (Lipinski definition) is 4. The molecule has 2 aliphatic heterocycles. The Bertz CT molecular complexity index is 1210. The molecule has 0 aromatic heterocycles. The average molecular weight is 639 g/mol. The highest BCUT2D eigenvalue weighted by atomic mass is 32.2. The van der Waals surface area contributed by atoms with E-state index in [1.807, 2.05) is 20.8 Å². The van der Waals surface area contributed by atoms with Gasteiger partial charge in [-0.15, -0.1) is 0 Å². The van der Waals surface area contributed by atoms with Crippen LogP contribution in [0.1, 0.15) is 91.4 Å². The lowest BCUT2D eigenvalue weighted by Gasteiger charge is -2.37. The SMILES string of the molecule is CC(C)(C)[C@@H](CN1CCCS1(=O)=O)NC(=O)N[C@H](C(=O)N1CCC[C@H]1C(=O)NC(CC1CC1)C(=O)C(N)=O)C1CCCCC1. The van der Waals surface area contributed by atoms with Crippen LogP contribution >= 0.6 is 0 Å². The minimum atomic E-state index is -3.36. The molecule has 2 aliphatic carbocycles. The van der Waals surface area contributed by atoms with Crippen LogP contribution in [0.3, 0.4) is 0 Å². The van der Waals surface area contributed by atoms with Crippen molar-refractivity contribution in [2.75, 3.05) is 25.4 Å². The molecule has 248 valence electrons. The van der Waals surface area contributed by atoms with Gasteiger partial charge in [0.1, 0.15) is 12.1 Å². The first kappa shape index (κ1) is 34.1. The number of carbonyl (C=O) groups excluding carboxylic acids is 5. The van der Waals surface area contributed by atoms with E-state index >= 15 is 0 Å². The summed E-state index contributed by atoms with van der Waals surface area (Å²) >= 11 is 0. The van der Waals surface area contributed by atoms with Crippen molar-refractivity contribution in [3.63, 3.8) is 0 Å². The van der Waals surface area contributed by atoms with E-state index < -0.39 is 63.2 Å². The standard InChI is InChI=1S/C30H50N6O7S/c1-30(2,3)23(18-35-14-8-16-44(35,42)43)33-29(41)34-24(20-9-5-4-6-10-20)28(40)36-15-7-11-22(36)27(39)32-21(17-19-12-13-19)25(37)26(31)38/h19-24H,4-18H2,1-3H3,(H2,31,38)(H,32,39)(H2,33,34,41)/t21?,22-,23+,24-/m0/s1. The minimum Gasteiger partial charge on any atom is -0.363 e. The zero-order chi connectivity index (χ0) is 32.2. The molecule has 0 aromatic rings. The molecule has 0 aromatic carbocycles. The van der Waals surface area contributed by atoms with Gasteiger partial charge in [-0.2, -0.15) is 4.31 Å². The summed E-state index contributed by atoms with van der Waals surface area (Å²) in [5, 5.41) is 8.58. The van der Waals surface area contributed by atoms with Crippen LogP contribution in [-0.2, 0) is 29.2 Å². The zero-order valence-electron chi connectivity index (χ0n) is 26.3. The minimum absolute atomic E-state index is 0.0942. The molecule has 4 aliphatic rings. The number of nitrogens with zero attached hydrogens (tertiary/aromatic N) is 2. The highest BCUT2D eigenvalue weighted by molar-refractivity contribution is 7.89. The van der Waals surface area contributed by atoms with E-state index in [1.54, 1.807) is 0 Å². The molecule has 2 saturated carbocycles. The van der Waals surface area contributed by atoms with Crippen LogP contribution in [0.2, 0.25) is 0 Å². The monoisotopic (exact) mass is 638 g/mol. The van der Waals surface area contributed by atoms with Gasteiger partial charge in [0, 0.05) is 25.7 Å². The molecule has 4 fully saturated rings. The van der Waals surface area contributed by atoms with Crippen LogP contribution in [0.25, 0.3) is 0 Å². The molecule has 44 heavy (non-hydrogen) atoms. The van der Waals surface area contributed by atoms with Gasteiger partial charge in [-0.05, 0) is 55.8 Å². The predicted molar refractivity (Wildman–Crippen MR) is 163 cm³/mol. The number of likely N-dealkylation sites (tertiary alicyclic amines) is 1. The number of primary amides is 1. The third kappa shape index (κ3) is 8.70. The average Bonchev–Trinajstić information content (AvgIpc) is 3.52. The first-order valence-corrected chi connectivity index (χ1v) is 17.8. The maximum absolute atomic E-state index is 14.1. The number of carbonyl (C=O) groups is 5. The second kappa shape index (κ2) is 14.1. The zero-order valence-corrected chi connectivity index (χ0v) is 27.1. The maximum Gasteiger partial charge on any atom is 0.315 e. The normalized spacial score (nSPS) is 24.7. The molecule has 5 N–H and O–H groups in total. The highest BCUT2D eigenvalue weighted by Crippen LogP contribution is 2.34. The number of nitrogens with two attached hydrogens (primary N) is 1. The number of sulfonamides is 1. The molecule has 2 saturated heterocycles. The Balaban J connectivity index is 1.47. The summed E-state index contributed by atoms with van der Waals surface area (Å²) in [6.45, 7) is 6.66. The summed E-state index contributed by atoms with van der Waals surface area (Å²) in [7, 11) is -3.36. The van der Waals surface area contributed by atoms with E-state index in [2.05, 4.69) is 16.0 Å². The smallest absolute Gasteiger partial charge is 0.315 e. The molecule has 1 unspecified atom stereocenters. The Hall–Kier alpha value is -2.74. The Morgan fingerprint density at radius 3 is 2.11 bits per heavy atom. The van der Waals surface area contributed by atoms with Gasteiger partial charge in [0.05, 0.1) is 11.8 Å². The number of Topliss-reactive ketones (excluding diaryl/α,β-unsaturated/α-hetero) is 1. The number of hydrogen-bond acceptors (Lipinski definition) is 7. The third-order valence-corrected chi connectivity index (χ3v) is 11.5. The molecule has 13 nitrogen and oxygen atoms in total. The van der Waals surface area contributed by atoms with Gasteiger partial charge in [0.15, 0.2) is 0 Å². The van der Waals surface area contributed by atoms with Gasteiger partial charge in [-0.1, -0.05) is 52.9 Å². The maximum atomic E-state index is 14.1. The van der Waals surface area contributed by atoms with E-state index in [-0.39, 0.29) is 30.0 Å². The lowest BCUT2D eigenvalue weighted by molar-refractivity contribution is -0.143. The lowest BCUT2D eigenvalue weighted by atomic mass is 9.83. The van der Waals surface area contributed by atoms with Crippen molar-refractivity contribution in [2.24, 2.45) is 23.0 Å². The van der Waals surface area contributed by atoms with Crippen molar-refractivity contribution >= 4 is 39.6 Å². The summed E-state index contributed by atoms with van der Waals surface area (Å²) in [5.41, 5.74) is 4.78. The Labute approximate surface area is 260 Å². The summed E-state index contributed by atoms with van der Waals surface area (Å²) in [5.74, 6) is -2.55. The Morgan fingerprint density at radius 1 is 0.864 bits per heavy atom. The van der Waals surface area contributed by atoms with Crippen LogP contribution in [0.5, 0.6) is 0 Å². The van der Waals surface area contributed by atoms with E-state index in [1.165, 1.54) is 9.21 Å². The fourth-order valence-corrected chi connectivity index (χ4v) is 8.20. The van der Waals surface area contributed by atoms with Crippen LogP contribution in [0, 0.1) is 17.3 Å². The van der Waals surface area contributed by atoms with Crippen LogP contribution < -0.4 is 21.7 Å². The summed E-state index contributed by atoms with van der Waals surface area (Å²) in [6.07, 6.45) is 8.14. The first-order chi connectivity index (χ1) is 20.7. The van der Waals surface area contributed by atoms with Crippen molar-refractivity contribution in [2.45, 2.75) is 116 Å². The lowest BCUT2D eigenvalue weighted by Crippen LogP contribution is -2.60. The van der Waals surface area contributed by atoms with Gasteiger partial charge < -0.3 is 26.6 Å². The molecule has 0 bridgehead atoms. The number of amides is 5.